The number of hydrogen-bond donors (Lipinski definition) is 1. The molecule has 2 aromatic carbocycles. The van der Waals surface area contributed by atoms with E-state index >= 15 is 0 Å². The van der Waals surface area contributed by atoms with E-state index in [9.17, 15) is 26.4 Å². The van der Waals surface area contributed by atoms with Crippen molar-refractivity contribution in [2.45, 2.75) is 31.0 Å². The molecular weight excluding hydrogens is 433 g/mol. The third-order valence-electron chi connectivity index (χ3n) is 4.22. The molecule has 1 atom stereocenters. The molecule has 29 heavy (non-hydrogen) atoms. The fourth-order valence-electron chi connectivity index (χ4n) is 2.87. The largest absolute Gasteiger partial charge is 0.487 e. The number of nitrogens with one attached hydrogen (secondary N) is 1. The van der Waals surface area contributed by atoms with E-state index in [-0.39, 0.29) is 34.2 Å². The monoisotopic (exact) mass is 448 g/mol. The normalized spacial score (nSPS) is 16.8. The molecule has 1 aliphatic heterocycles. The summed E-state index contributed by atoms with van der Waals surface area (Å²) in [6.07, 6.45) is -4.94. The van der Waals surface area contributed by atoms with Crippen molar-refractivity contribution in [1.29, 1.82) is 0 Å². The number of fused-ring (bicyclic) bond motifs is 1. The minimum Gasteiger partial charge on any atom is -0.487 e. The number of benzene rings is 2. The van der Waals surface area contributed by atoms with Gasteiger partial charge in [-0.2, -0.15) is 13.2 Å². The van der Waals surface area contributed by atoms with Gasteiger partial charge in [0, 0.05) is 6.92 Å². The van der Waals surface area contributed by atoms with Crippen LogP contribution in [0.4, 0.5) is 24.5 Å². The lowest BCUT2D eigenvalue weighted by Crippen LogP contribution is -2.41. The predicted octanol–water partition coefficient (Wildman–Crippen LogP) is 4.29. The molecule has 3 rings (SSSR count). The van der Waals surface area contributed by atoms with Crippen LogP contribution in [0.1, 0.15) is 19.4 Å². The van der Waals surface area contributed by atoms with Crippen molar-refractivity contribution >= 4 is 38.9 Å². The van der Waals surface area contributed by atoms with Gasteiger partial charge in [-0.25, -0.2) is 8.42 Å². The third kappa shape index (κ3) is 4.43. The zero-order valence-electron chi connectivity index (χ0n) is 15.2. The summed E-state index contributed by atoms with van der Waals surface area (Å²) >= 11 is 5.87. The summed E-state index contributed by atoms with van der Waals surface area (Å²) in [5.74, 6) is 0.0276. The number of alkyl halides is 3. The minimum absolute atomic E-state index is 0.193. The molecule has 6 nitrogen and oxygen atoms in total. The first-order valence-electron chi connectivity index (χ1n) is 8.37. The predicted molar refractivity (Wildman–Crippen MR) is 102 cm³/mol. The maximum absolute atomic E-state index is 12.9. The van der Waals surface area contributed by atoms with Crippen LogP contribution in [0.5, 0.6) is 5.75 Å². The Labute approximate surface area is 170 Å². The molecule has 0 saturated carbocycles. The lowest BCUT2D eigenvalue weighted by molar-refractivity contribution is -0.137. The van der Waals surface area contributed by atoms with Gasteiger partial charge in [0.25, 0.3) is 10.0 Å². The van der Waals surface area contributed by atoms with Crippen molar-refractivity contribution in [2.75, 3.05) is 16.2 Å². The Morgan fingerprint density at radius 3 is 2.55 bits per heavy atom. The van der Waals surface area contributed by atoms with Gasteiger partial charge in [0.15, 0.2) is 0 Å². The first-order valence-corrected chi connectivity index (χ1v) is 10.2. The van der Waals surface area contributed by atoms with E-state index < -0.39 is 27.5 Å². The summed E-state index contributed by atoms with van der Waals surface area (Å²) in [6, 6.07) is 6.18. The van der Waals surface area contributed by atoms with Crippen molar-refractivity contribution in [1.82, 2.24) is 0 Å². The molecule has 2 aromatic rings. The first-order chi connectivity index (χ1) is 13.4. The van der Waals surface area contributed by atoms with Crippen LogP contribution in [-0.2, 0) is 21.0 Å². The average Bonchev–Trinajstić information content (AvgIpc) is 2.61. The van der Waals surface area contributed by atoms with Gasteiger partial charge in [-0.15, -0.1) is 0 Å². The van der Waals surface area contributed by atoms with Crippen molar-refractivity contribution < 1.29 is 31.1 Å². The number of anilines is 2. The number of rotatable bonds is 3. The Hall–Kier alpha value is -2.46. The fourth-order valence-corrected chi connectivity index (χ4v) is 4.18. The summed E-state index contributed by atoms with van der Waals surface area (Å²) in [5, 5.41) is -0.193. The minimum atomic E-state index is -4.66. The second kappa shape index (κ2) is 7.42. The SMILES string of the molecule is CC(=O)N1CC(C)Oc2ccc(S(=O)(=O)Nc3cc(C(F)(F)F)ccc3Cl)cc21. The fraction of sp³-hybridized carbons (Fsp3) is 0.278. The van der Waals surface area contributed by atoms with Crippen LogP contribution in [0, 0.1) is 0 Å². The molecule has 0 aliphatic carbocycles. The van der Waals surface area contributed by atoms with E-state index in [0.29, 0.717) is 11.8 Å². The number of sulfonamides is 1. The summed E-state index contributed by atoms with van der Waals surface area (Å²) in [4.78, 5) is 13.0. The topological polar surface area (TPSA) is 75.7 Å². The van der Waals surface area contributed by atoms with E-state index in [1.807, 2.05) is 0 Å². The highest BCUT2D eigenvalue weighted by Crippen LogP contribution is 2.37. The second-order valence-corrected chi connectivity index (χ2v) is 8.58. The van der Waals surface area contributed by atoms with Crippen LogP contribution in [0.25, 0.3) is 0 Å². The molecule has 1 unspecified atom stereocenters. The van der Waals surface area contributed by atoms with Gasteiger partial charge in [0.05, 0.1) is 33.4 Å². The summed E-state index contributed by atoms with van der Waals surface area (Å²) < 4.78 is 71.9. The van der Waals surface area contributed by atoms with Crippen LogP contribution < -0.4 is 14.4 Å². The highest BCUT2D eigenvalue weighted by Gasteiger charge is 2.32. The van der Waals surface area contributed by atoms with Crippen LogP contribution in [0.15, 0.2) is 41.3 Å². The highest BCUT2D eigenvalue weighted by atomic mass is 35.5. The molecule has 0 fully saturated rings. The standard InChI is InChI=1S/C18H16ClF3N2O4S/c1-10-9-24(11(2)25)16-8-13(4-6-17(16)28-10)29(26,27)23-15-7-12(18(20,21)22)3-5-14(15)19/h3-8,10,23H,9H2,1-2H3. The zero-order valence-corrected chi connectivity index (χ0v) is 16.8. The van der Waals surface area contributed by atoms with Gasteiger partial charge in [-0.1, -0.05) is 11.6 Å². The van der Waals surface area contributed by atoms with Crippen molar-refractivity contribution in [2.24, 2.45) is 0 Å². The lowest BCUT2D eigenvalue weighted by Gasteiger charge is -2.33. The van der Waals surface area contributed by atoms with Gasteiger partial charge in [0.2, 0.25) is 5.91 Å². The van der Waals surface area contributed by atoms with Gasteiger partial charge < -0.3 is 9.64 Å². The van der Waals surface area contributed by atoms with E-state index in [4.69, 9.17) is 16.3 Å². The third-order valence-corrected chi connectivity index (χ3v) is 5.91. The van der Waals surface area contributed by atoms with Gasteiger partial charge in [0.1, 0.15) is 11.9 Å². The molecule has 0 aromatic heterocycles. The Balaban J connectivity index is 1.99. The van der Waals surface area contributed by atoms with Crippen LogP contribution >= 0.6 is 11.6 Å². The zero-order chi connectivity index (χ0) is 21.6. The number of amides is 1. The molecule has 1 N–H and O–H groups in total. The van der Waals surface area contributed by atoms with Crippen LogP contribution in [0.3, 0.4) is 0 Å². The molecule has 0 spiro atoms. The molecule has 0 saturated heterocycles. The number of hydrogen-bond acceptors (Lipinski definition) is 4. The molecule has 0 radical (unpaired) electrons. The number of carbonyl (C=O) groups is 1. The molecule has 1 heterocycles. The molecule has 1 amide bonds. The highest BCUT2D eigenvalue weighted by molar-refractivity contribution is 7.92. The van der Waals surface area contributed by atoms with Crippen molar-refractivity contribution in [3.8, 4) is 5.75 Å². The smallest absolute Gasteiger partial charge is 0.416 e. The van der Waals surface area contributed by atoms with E-state index in [2.05, 4.69) is 4.72 Å². The second-order valence-electron chi connectivity index (χ2n) is 6.49. The number of carbonyl (C=O) groups excluding carboxylic acids is 1. The maximum Gasteiger partial charge on any atom is 0.416 e. The Kier molecular flexibility index (Phi) is 5.44. The summed E-state index contributed by atoms with van der Waals surface area (Å²) in [5.41, 5.74) is -1.20. The molecule has 11 heteroatoms. The quantitative estimate of drug-likeness (QED) is 0.760. The van der Waals surface area contributed by atoms with E-state index in [0.717, 1.165) is 12.1 Å². The molecule has 1 aliphatic rings. The first kappa shape index (κ1) is 21.3. The number of halogens is 4. The molecule has 0 bridgehead atoms. The maximum atomic E-state index is 12.9. The van der Waals surface area contributed by atoms with Crippen LogP contribution in [-0.4, -0.2) is 27.0 Å². The molecular formula is C18H16ClF3N2O4S. The number of nitrogens with zero attached hydrogens (tertiary/aromatic N) is 1. The lowest BCUT2D eigenvalue weighted by atomic mass is 10.2. The van der Waals surface area contributed by atoms with E-state index in [1.54, 1.807) is 6.92 Å². The van der Waals surface area contributed by atoms with E-state index in [1.165, 1.54) is 30.0 Å². The van der Waals surface area contributed by atoms with Gasteiger partial charge >= 0.3 is 6.18 Å². The van der Waals surface area contributed by atoms with Crippen molar-refractivity contribution in [3.05, 3.63) is 47.0 Å². The molecule has 156 valence electrons. The Morgan fingerprint density at radius 2 is 1.93 bits per heavy atom. The van der Waals surface area contributed by atoms with Crippen LogP contribution in [0.2, 0.25) is 5.02 Å². The Bertz CT molecular complexity index is 1070. The summed E-state index contributed by atoms with van der Waals surface area (Å²) in [6.45, 7) is 3.34. The number of ether oxygens (including phenoxy) is 1. The van der Waals surface area contributed by atoms with Crippen molar-refractivity contribution in [3.63, 3.8) is 0 Å². The summed E-state index contributed by atoms with van der Waals surface area (Å²) in [7, 11) is -4.29. The van der Waals surface area contributed by atoms with Gasteiger partial charge in [-0.3, -0.25) is 9.52 Å². The van der Waals surface area contributed by atoms with Gasteiger partial charge in [-0.05, 0) is 43.3 Å². The average molecular weight is 449 g/mol. The Morgan fingerprint density at radius 1 is 1.24 bits per heavy atom.